The van der Waals surface area contributed by atoms with Crippen LogP contribution in [0.15, 0.2) is 71.4 Å². The van der Waals surface area contributed by atoms with Gasteiger partial charge in [-0.05, 0) is 82.3 Å². The Morgan fingerprint density at radius 2 is 1.14 bits per heavy atom. The van der Waals surface area contributed by atoms with E-state index in [0.29, 0.717) is 13.2 Å². The summed E-state index contributed by atoms with van der Waals surface area (Å²) in [5, 5.41) is 5.82. The van der Waals surface area contributed by atoms with Crippen LogP contribution in [0.5, 0.6) is 0 Å². The molecule has 4 aromatic rings. The third-order valence-corrected chi connectivity index (χ3v) is 7.05. The average Bonchev–Trinajstić information content (AvgIpc) is 3.32. The van der Waals surface area contributed by atoms with Gasteiger partial charge in [0, 0.05) is 19.8 Å². The zero-order valence-corrected chi connectivity index (χ0v) is 18.9. The highest BCUT2D eigenvalue weighted by molar-refractivity contribution is 7.10. The third-order valence-electron chi connectivity index (χ3n) is 4.71. The molecule has 2 aromatic heterocycles. The lowest BCUT2D eigenvalue weighted by Crippen LogP contribution is -1.97. The van der Waals surface area contributed by atoms with Crippen LogP contribution in [0.25, 0.3) is 0 Å². The van der Waals surface area contributed by atoms with Crippen LogP contribution in [-0.4, -0.2) is 0 Å². The molecule has 148 valence electrons. The highest BCUT2D eigenvalue weighted by Gasteiger charge is 2.09. The summed E-state index contributed by atoms with van der Waals surface area (Å²) in [5.41, 5.74) is 5.06. The Bertz CT molecular complexity index is 998. The van der Waals surface area contributed by atoms with Crippen molar-refractivity contribution < 1.29 is 4.74 Å². The van der Waals surface area contributed by atoms with Crippen LogP contribution in [0.3, 0.4) is 0 Å². The van der Waals surface area contributed by atoms with E-state index in [1.807, 2.05) is 36.4 Å². The standard InChI is InChI=1S/C24H20Cl2OS2/c25-21-5-1-3-17(13-21)11-19-7-9-28-23(19)15-27-16-24-20(8-10-29-24)12-18-4-2-6-22(26)14-18/h1-10,13-14H,11-12,15-16H2. The van der Waals surface area contributed by atoms with Gasteiger partial charge in [0.25, 0.3) is 0 Å². The Morgan fingerprint density at radius 3 is 1.59 bits per heavy atom. The van der Waals surface area contributed by atoms with Crippen molar-refractivity contribution in [3.63, 3.8) is 0 Å². The van der Waals surface area contributed by atoms with Gasteiger partial charge in [0.2, 0.25) is 0 Å². The molecule has 0 atom stereocenters. The molecule has 0 unspecified atom stereocenters. The maximum atomic E-state index is 6.12. The van der Waals surface area contributed by atoms with E-state index in [4.69, 9.17) is 27.9 Å². The number of halogens is 2. The first kappa shape index (κ1) is 20.6. The zero-order valence-electron chi connectivity index (χ0n) is 15.7. The summed E-state index contributed by atoms with van der Waals surface area (Å²) in [5.74, 6) is 0. The molecule has 0 spiro atoms. The van der Waals surface area contributed by atoms with Crippen LogP contribution < -0.4 is 0 Å². The molecule has 1 nitrogen and oxygen atoms in total. The molecule has 0 radical (unpaired) electrons. The predicted octanol–water partition coefficient (Wildman–Crippen LogP) is 8.01. The molecule has 5 heteroatoms. The van der Waals surface area contributed by atoms with E-state index in [0.717, 1.165) is 22.9 Å². The molecule has 2 aromatic carbocycles. The molecule has 0 aliphatic heterocycles. The monoisotopic (exact) mass is 458 g/mol. The molecule has 0 amide bonds. The average molecular weight is 459 g/mol. The van der Waals surface area contributed by atoms with Gasteiger partial charge >= 0.3 is 0 Å². The van der Waals surface area contributed by atoms with E-state index < -0.39 is 0 Å². The third kappa shape index (κ3) is 5.71. The minimum absolute atomic E-state index is 0.627. The second-order valence-electron chi connectivity index (χ2n) is 6.84. The molecule has 4 rings (SSSR count). The summed E-state index contributed by atoms with van der Waals surface area (Å²) in [7, 11) is 0. The summed E-state index contributed by atoms with van der Waals surface area (Å²) >= 11 is 15.7. The van der Waals surface area contributed by atoms with Gasteiger partial charge in [-0.1, -0.05) is 47.5 Å². The molecular weight excluding hydrogens is 439 g/mol. The second-order valence-corrected chi connectivity index (χ2v) is 9.72. The fourth-order valence-electron chi connectivity index (χ4n) is 3.27. The lowest BCUT2D eigenvalue weighted by Gasteiger charge is -2.08. The van der Waals surface area contributed by atoms with E-state index in [-0.39, 0.29) is 0 Å². The molecule has 2 heterocycles. The zero-order chi connectivity index (χ0) is 20.1. The van der Waals surface area contributed by atoms with E-state index >= 15 is 0 Å². The Hall–Kier alpha value is -1.62. The molecule has 0 aliphatic carbocycles. The van der Waals surface area contributed by atoms with Crippen molar-refractivity contribution >= 4 is 45.9 Å². The van der Waals surface area contributed by atoms with Gasteiger partial charge in [-0.2, -0.15) is 0 Å². The van der Waals surface area contributed by atoms with Crippen LogP contribution in [0.4, 0.5) is 0 Å². The number of hydrogen-bond acceptors (Lipinski definition) is 3. The van der Waals surface area contributed by atoms with E-state index in [1.165, 1.54) is 32.0 Å². The Balaban J connectivity index is 1.36. The van der Waals surface area contributed by atoms with Gasteiger partial charge in [-0.15, -0.1) is 22.7 Å². The first-order valence-electron chi connectivity index (χ1n) is 9.34. The fourth-order valence-corrected chi connectivity index (χ4v) is 5.38. The minimum atomic E-state index is 0.627. The van der Waals surface area contributed by atoms with Crippen LogP contribution in [0.2, 0.25) is 10.0 Å². The first-order valence-corrected chi connectivity index (χ1v) is 11.9. The van der Waals surface area contributed by atoms with Crippen molar-refractivity contribution in [3.8, 4) is 0 Å². The van der Waals surface area contributed by atoms with Gasteiger partial charge in [-0.25, -0.2) is 0 Å². The molecular formula is C24H20Cl2OS2. The summed E-state index contributed by atoms with van der Waals surface area (Å²) in [4.78, 5) is 2.55. The first-order chi connectivity index (χ1) is 14.2. The largest absolute Gasteiger partial charge is 0.370 e. The van der Waals surface area contributed by atoms with Crippen LogP contribution in [0, 0.1) is 0 Å². The Labute approximate surface area is 189 Å². The number of rotatable bonds is 8. The van der Waals surface area contributed by atoms with Gasteiger partial charge in [-0.3, -0.25) is 0 Å². The van der Waals surface area contributed by atoms with Crippen molar-refractivity contribution in [1.29, 1.82) is 0 Å². The molecule has 0 N–H and O–H groups in total. The topological polar surface area (TPSA) is 9.23 Å². The van der Waals surface area contributed by atoms with Crippen molar-refractivity contribution in [2.45, 2.75) is 26.1 Å². The lowest BCUT2D eigenvalue weighted by molar-refractivity contribution is 0.110. The second kappa shape index (κ2) is 9.92. The molecule has 0 aliphatic rings. The molecule has 0 saturated carbocycles. The van der Waals surface area contributed by atoms with Crippen LogP contribution in [0.1, 0.15) is 32.0 Å². The minimum Gasteiger partial charge on any atom is -0.370 e. The SMILES string of the molecule is Clc1cccc(Cc2ccsc2COCc2sccc2Cc2cccc(Cl)c2)c1. The number of ether oxygens (including phenoxy) is 1. The predicted molar refractivity (Wildman–Crippen MR) is 126 cm³/mol. The molecule has 0 bridgehead atoms. The smallest absolute Gasteiger partial charge is 0.0817 e. The lowest BCUT2D eigenvalue weighted by atomic mass is 10.1. The fraction of sp³-hybridized carbons (Fsp3) is 0.167. The van der Waals surface area contributed by atoms with Crippen LogP contribution >= 0.6 is 45.9 Å². The van der Waals surface area contributed by atoms with Gasteiger partial charge in [0.15, 0.2) is 0 Å². The van der Waals surface area contributed by atoms with E-state index in [9.17, 15) is 0 Å². The summed E-state index contributed by atoms with van der Waals surface area (Å²) in [6.07, 6.45) is 1.75. The van der Waals surface area contributed by atoms with E-state index in [2.05, 4.69) is 35.0 Å². The normalized spacial score (nSPS) is 11.1. The van der Waals surface area contributed by atoms with E-state index in [1.54, 1.807) is 22.7 Å². The van der Waals surface area contributed by atoms with Crippen molar-refractivity contribution in [2.24, 2.45) is 0 Å². The molecule has 0 fully saturated rings. The maximum absolute atomic E-state index is 6.12. The molecule has 0 saturated heterocycles. The number of thiophene rings is 2. The van der Waals surface area contributed by atoms with Crippen molar-refractivity contribution in [3.05, 3.63) is 113 Å². The molecule has 29 heavy (non-hydrogen) atoms. The Kier molecular flexibility index (Phi) is 7.06. The summed E-state index contributed by atoms with van der Waals surface area (Å²) < 4.78 is 6.10. The van der Waals surface area contributed by atoms with Crippen molar-refractivity contribution in [2.75, 3.05) is 0 Å². The quantitative estimate of drug-likeness (QED) is 0.259. The number of benzene rings is 2. The maximum Gasteiger partial charge on any atom is 0.0817 e. The Morgan fingerprint density at radius 1 is 0.655 bits per heavy atom. The number of hydrogen-bond donors (Lipinski definition) is 0. The van der Waals surface area contributed by atoms with Crippen LogP contribution in [-0.2, 0) is 30.8 Å². The van der Waals surface area contributed by atoms with Gasteiger partial charge < -0.3 is 4.74 Å². The van der Waals surface area contributed by atoms with Gasteiger partial charge in [0.05, 0.1) is 13.2 Å². The summed E-state index contributed by atoms with van der Waals surface area (Å²) in [6.45, 7) is 1.25. The highest BCUT2D eigenvalue weighted by Crippen LogP contribution is 2.25. The van der Waals surface area contributed by atoms with Crippen molar-refractivity contribution in [1.82, 2.24) is 0 Å². The van der Waals surface area contributed by atoms with Gasteiger partial charge in [0.1, 0.15) is 0 Å². The summed E-state index contributed by atoms with van der Waals surface area (Å²) in [6, 6.07) is 20.4. The highest BCUT2D eigenvalue weighted by atomic mass is 35.5.